The third-order valence-electron chi connectivity index (χ3n) is 4.16. The van der Waals surface area contributed by atoms with Gasteiger partial charge in [-0.05, 0) is 62.5 Å². The van der Waals surface area contributed by atoms with Gasteiger partial charge < -0.3 is 15.2 Å². The van der Waals surface area contributed by atoms with E-state index in [0.29, 0.717) is 17.7 Å². The van der Waals surface area contributed by atoms with Gasteiger partial charge in [-0.15, -0.1) is 0 Å². The Morgan fingerprint density at radius 3 is 2.66 bits per heavy atom. The Kier molecular flexibility index (Phi) is 9.52. The molecular formula is C23H30FN3O4S. The van der Waals surface area contributed by atoms with E-state index in [1.54, 1.807) is 37.4 Å². The van der Waals surface area contributed by atoms with Gasteiger partial charge in [0.05, 0.1) is 34.9 Å². The van der Waals surface area contributed by atoms with Gasteiger partial charge in [0.2, 0.25) is 0 Å². The number of halogens is 1. The van der Waals surface area contributed by atoms with Crippen molar-refractivity contribution in [3.05, 3.63) is 53.5 Å². The van der Waals surface area contributed by atoms with Crippen LogP contribution in [-0.4, -0.2) is 34.4 Å². The molecular weight excluding hydrogens is 433 g/mol. The molecule has 0 unspecified atom stereocenters. The summed E-state index contributed by atoms with van der Waals surface area (Å²) in [6, 6.07) is 8.26. The number of rotatable bonds is 9. The van der Waals surface area contributed by atoms with Crippen LogP contribution in [0.4, 0.5) is 15.8 Å². The Labute approximate surface area is 191 Å². The lowest BCUT2D eigenvalue weighted by Gasteiger charge is -2.18. The maximum Gasteiger partial charge on any atom is 0.277 e. The molecule has 9 heteroatoms. The third kappa shape index (κ3) is 7.23. The zero-order valence-electron chi connectivity index (χ0n) is 19.0. The van der Waals surface area contributed by atoms with Crippen molar-refractivity contribution in [2.75, 3.05) is 18.5 Å². The van der Waals surface area contributed by atoms with Crippen LogP contribution in [0.1, 0.15) is 50.0 Å². The lowest BCUT2D eigenvalue weighted by Crippen LogP contribution is -2.27. The fourth-order valence-electron chi connectivity index (χ4n) is 2.73. The molecule has 3 rings (SSSR count). The predicted octanol–water partition coefficient (Wildman–Crippen LogP) is 5.31. The molecule has 0 fully saturated rings. The summed E-state index contributed by atoms with van der Waals surface area (Å²) >= 11 is 1.22. The van der Waals surface area contributed by atoms with Crippen LogP contribution in [0.2, 0.25) is 0 Å². The zero-order chi connectivity index (χ0) is 23.7. The number of aromatic nitrogens is 1. The Hall–Kier alpha value is -2.59. The minimum absolute atomic E-state index is 0.208. The highest BCUT2D eigenvalue weighted by molar-refractivity contribution is 7.14. The number of anilines is 2. The van der Waals surface area contributed by atoms with E-state index in [0.717, 1.165) is 15.6 Å². The number of hydrogen-bond acceptors (Lipinski definition) is 7. The van der Waals surface area contributed by atoms with E-state index < -0.39 is 17.5 Å². The molecule has 0 radical (unpaired) electrons. The molecule has 7 nitrogen and oxygen atoms in total. The van der Waals surface area contributed by atoms with Crippen molar-refractivity contribution in [2.45, 2.75) is 46.8 Å². The molecule has 1 amide bonds. The normalized spacial score (nSPS) is 11.1. The Morgan fingerprint density at radius 2 is 1.97 bits per heavy atom. The minimum atomic E-state index is -1.21. The first-order valence-corrected chi connectivity index (χ1v) is 11.2. The molecule has 0 aliphatic heterocycles. The number of carbonyl (C=O) groups is 1. The van der Waals surface area contributed by atoms with Gasteiger partial charge in [0.1, 0.15) is 5.82 Å². The summed E-state index contributed by atoms with van der Waals surface area (Å²) in [5.74, 6) is -2.09. The van der Waals surface area contributed by atoms with Crippen molar-refractivity contribution in [3.8, 4) is 0 Å². The highest BCUT2D eigenvalue weighted by atomic mass is 32.1. The van der Waals surface area contributed by atoms with Gasteiger partial charge in [0.15, 0.2) is 5.79 Å². The van der Waals surface area contributed by atoms with Crippen LogP contribution < -0.4 is 10.8 Å². The summed E-state index contributed by atoms with van der Waals surface area (Å²) in [5, 5.41) is 13.4. The van der Waals surface area contributed by atoms with Crippen LogP contribution in [0.25, 0.3) is 10.1 Å². The van der Waals surface area contributed by atoms with E-state index in [1.165, 1.54) is 31.4 Å². The number of nitrogens with zero attached hydrogens (tertiary/aromatic N) is 1. The molecule has 0 aliphatic carbocycles. The number of benzene rings is 2. The summed E-state index contributed by atoms with van der Waals surface area (Å²) in [4.78, 5) is 17.9. The molecule has 0 bridgehead atoms. The number of carbonyl (C=O) groups excluding carboxylic acids is 1. The van der Waals surface area contributed by atoms with Gasteiger partial charge in [-0.2, -0.15) is 4.37 Å². The van der Waals surface area contributed by atoms with Crippen LogP contribution >= 0.6 is 11.5 Å². The van der Waals surface area contributed by atoms with Crippen LogP contribution in [-0.2, 0) is 9.57 Å². The zero-order valence-corrected chi connectivity index (χ0v) is 19.8. The largest absolute Gasteiger partial charge is 0.366 e. The summed E-state index contributed by atoms with van der Waals surface area (Å²) < 4.78 is 24.5. The Bertz CT molecular complexity index is 1030. The predicted molar refractivity (Wildman–Crippen MR) is 126 cm³/mol. The number of aryl methyl sites for hydroxylation is 1. The highest BCUT2D eigenvalue weighted by Crippen LogP contribution is 2.34. The van der Waals surface area contributed by atoms with E-state index in [1.807, 2.05) is 13.8 Å². The van der Waals surface area contributed by atoms with Gasteiger partial charge in [0, 0.05) is 11.6 Å². The fraction of sp³-hybridized carbons (Fsp3) is 0.391. The molecule has 3 aromatic rings. The summed E-state index contributed by atoms with van der Waals surface area (Å²) in [5.41, 5.74) is 4.23. The number of hydroxylamine groups is 1. The SMILES string of the molecule is CC.Cc1ccc(Nc2c(C(=O)NOCCCOC(C)(C)O)ccc3cnsc23)c(F)c1. The summed E-state index contributed by atoms with van der Waals surface area (Å²) in [6.45, 7) is 9.37. The summed E-state index contributed by atoms with van der Waals surface area (Å²) in [6.07, 6.45) is 2.18. The Balaban J connectivity index is 0.00000176. The number of hydrogen-bond donors (Lipinski definition) is 3. The molecule has 1 aromatic heterocycles. The molecule has 174 valence electrons. The van der Waals surface area contributed by atoms with Crippen LogP contribution in [0.3, 0.4) is 0 Å². The monoisotopic (exact) mass is 463 g/mol. The van der Waals surface area contributed by atoms with Crippen molar-refractivity contribution >= 4 is 38.9 Å². The van der Waals surface area contributed by atoms with Gasteiger partial charge >= 0.3 is 0 Å². The molecule has 0 spiro atoms. The van der Waals surface area contributed by atoms with Crippen molar-refractivity contribution in [2.24, 2.45) is 0 Å². The second-order valence-electron chi connectivity index (χ2n) is 7.27. The number of nitrogens with one attached hydrogen (secondary N) is 2. The van der Waals surface area contributed by atoms with Gasteiger partial charge in [-0.25, -0.2) is 9.87 Å². The van der Waals surface area contributed by atoms with Gasteiger partial charge in [-0.3, -0.25) is 9.63 Å². The molecule has 0 saturated carbocycles. The van der Waals surface area contributed by atoms with Crippen molar-refractivity contribution in [1.29, 1.82) is 0 Å². The molecule has 1 heterocycles. The maximum atomic E-state index is 14.4. The number of fused-ring (bicyclic) bond motifs is 1. The lowest BCUT2D eigenvalue weighted by molar-refractivity contribution is -0.178. The van der Waals surface area contributed by atoms with Crippen LogP contribution in [0, 0.1) is 12.7 Å². The van der Waals surface area contributed by atoms with E-state index in [-0.39, 0.29) is 18.9 Å². The van der Waals surface area contributed by atoms with Crippen LogP contribution in [0.5, 0.6) is 0 Å². The number of ether oxygens (including phenoxy) is 1. The second-order valence-corrected chi connectivity index (χ2v) is 8.07. The van der Waals surface area contributed by atoms with Crippen molar-refractivity contribution in [3.63, 3.8) is 0 Å². The molecule has 2 aromatic carbocycles. The second kappa shape index (κ2) is 11.9. The van der Waals surface area contributed by atoms with E-state index >= 15 is 0 Å². The quantitative estimate of drug-likeness (QED) is 0.226. The van der Waals surface area contributed by atoms with E-state index in [4.69, 9.17) is 9.57 Å². The average Bonchev–Trinajstić information content (AvgIpc) is 3.22. The first-order valence-electron chi connectivity index (χ1n) is 10.4. The van der Waals surface area contributed by atoms with Gasteiger partial charge in [0.25, 0.3) is 5.91 Å². The van der Waals surface area contributed by atoms with Crippen LogP contribution in [0.15, 0.2) is 36.5 Å². The van der Waals surface area contributed by atoms with E-state index in [9.17, 15) is 14.3 Å². The molecule has 0 saturated heterocycles. The maximum absolute atomic E-state index is 14.4. The summed E-state index contributed by atoms with van der Waals surface area (Å²) in [7, 11) is 0. The molecule has 32 heavy (non-hydrogen) atoms. The third-order valence-corrected chi connectivity index (χ3v) is 5.00. The first kappa shape index (κ1) is 25.7. The molecule has 0 atom stereocenters. The molecule has 0 aliphatic rings. The standard InChI is InChI=1S/C21H24FN3O4S.C2H6/c1-13-5-8-17(16(22)11-13)24-18-15(7-6-14-12-23-30-19(14)18)20(26)25-29-10-4-9-28-21(2,3)27;1-2/h5-8,11-12,24,27H,4,9-10H2,1-3H3,(H,25,26);1-2H3. The Morgan fingerprint density at radius 1 is 1.22 bits per heavy atom. The lowest BCUT2D eigenvalue weighted by atomic mass is 10.1. The van der Waals surface area contributed by atoms with Crippen molar-refractivity contribution in [1.82, 2.24) is 9.85 Å². The van der Waals surface area contributed by atoms with Gasteiger partial charge in [-0.1, -0.05) is 26.0 Å². The fourth-order valence-corrected chi connectivity index (χ4v) is 3.48. The number of amides is 1. The smallest absolute Gasteiger partial charge is 0.277 e. The van der Waals surface area contributed by atoms with E-state index in [2.05, 4.69) is 15.2 Å². The van der Waals surface area contributed by atoms with Crippen molar-refractivity contribution < 1.29 is 23.9 Å². The first-order chi connectivity index (χ1) is 15.2. The average molecular weight is 464 g/mol. The highest BCUT2D eigenvalue weighted by Gasteiger charge is 2.18. The minimum Gasteiger partial charge on any atom is -0.366 e. The topological polar surface area (TPSA) is 92.7 Å². The number of aliphatic hydroxyl groups is 1. The molecule has 3 N–H and O–H groups in total.